The summed E-state index contributed by atoms with van der Waals surface area (Å²) in [6.45, 7) is 1.31. The van der Waals surface area contributed by atoms with Crippen LogP contribution < -0.4 is 4.74 Å². The Bertz CT molecular complexity index is 1160. The van der Waals surface area contributed by atoms with Crippen LogP contribution in [-0.4, -0.2) is 61.1 Å². The summed E-state index contributed by atoms with van der Waals surface area (Å²) in [4.78, 5) is 13.5. The second kappa shape index (κ2) is 9.05. The van der Waals surface area contributed by atoms with Crippen LogP contribution in [0.3, 0.4) is 0 Å². The van der Waals surface area contributed by atoms with E-state index in [1.54, 1.807) is 24.3 Å². The van der Waals surface area contributed by atoms with Gasteiger partial charge < -0.3 is 9.84 Å². The third kappa shape index (κ3) is 4.87. The molecule has 1 saturated heterocycles. The first-order valence-corrected chi connectivity index (χ1v) is 11.5. The fourth-order valence-corrected chi connectivity index (χ4v) is 5.22. The van der Waals surface area contributed by atoms with Gasteiger partial charge in [-0.15, -0.1) is 0 Å². The maximum Gasteiger partial charge on any atom is 0.308 e. The second-order valence-electron chi connectivity index (χ2n) is 7.43. The molecule has 1 atom stereocenters. The Morgan fingerprint density at radius 1 is 0.903 bits per heavy atom. The van der Waals surface area contributed by atoms with E-state index in [1.807, 2.05) is 53.4 Å². The molecule has 4 rings (SSSR count). The molecule has 7 nitrogen and oxygen atoms in total. The maximum atomic E-state index is 13.2. The zero-order chi connectivity index (χ0) is 21.8. The molecule has 0 aliphatic carbocycles. The van der Waals surface area contributed by atoms with Crippen LogP contribution in [0.15, 0.2) is 77.7 Å². The van der Waals surface area contributed by atoms with Gasteiger partial charge in [0.2, 0.25) is 10.0 Å². The first-order valence-electron chi connectivity index (χ1n) is 10.1. The van der Waals surface area contributed by atoms with Crippen molar-refractivity contribution in [3.8, 4) is 5.75 Å². The molecular formula is C23H24N2O5S. The molecule has 1 unspecified atom stereocenters. The summed E-state index contributed by atoms with van der Waals surface area (Å²) in [5, 5.41) is 11.2. The van der Waals surface area contributed by atoms with Gasteiger partial charge in [0.25, 0.3) is 0 Å². The van der Waals surface area contributed by atoms with Crippen LogP contribution in [0.5, 0.6) is 5.75 Å². The van der Waals surface area contributed by atoms with Crippen LogP contribution in [0.4, 0.5) is 0 Å². The Hall–Kier alpha value is -2.94. The molecule has 162 valence electrons. The summed E-state index contributed by atoms with van der Waals surface area (Å²) < 4.78 is 33.7. The molecule has 3 aromatic carbocycles. The molecule has 0 aromatic heterocycles. The van der Waals surface area contributed by atoms with E-state index in [-0.39, 0.29) is 24.4 Å². The highest BCUT2D eigenvalue weighted by molar-refractivity contribution is 7.89. The lowest BCUT2D eigenvalue weighted by atomic mass is 10.1. The van der Waals surface area contributed by atoms with Crippen LogP contribution in [0.1, 0.15) is 6.42 Å². The van der Waals surface area contributed by atoms with Crippen molar-refractivity contribution in [2.75, 3.05) is 26.2 Å². The number of hydrogen-bond donors (Lipinski definition) is 1. The standard InChI is InChI=1S/C23H24N2O5S/c26-23(27)17-22(30-20-8-2-1-3-9-20)24-12-14-25(15-13-24)31(28,29)21-11-10-18-6-4-5-7-19(18)16-21/h1-11,16,22H,12-15,17H2,(H,26,27). The molecule has 0 amide bonds. The van der Waals surface area contributed by atoms with Gasteiger partial charge in [0.15, 0.2) is 6.23 Å². The van der Waals surface area contributed by atoms with E-state index < -0.39 is 22.2 Å². The molecule has 1 N–H and O–H groups in total. The van der Waals surface area contributed by atoms with E-state index >= 15 is 0 Å². The number of benzene rings is 3. The summed E-state index contributed by atoms with van der Waals surface area (Å²) >= 11 is 0. The summed E-state index contributed by atoms with van der Waals surface area (Å²) in [5.74, 6) is -0.382. The Labute approximate surface area is 181 Å². The highest BCUT2D eigenvalue weighted by Crippen LogP contribution is 2.24. The van der Waals surface area contributed by atoms with Gasteiger partial charge in [-0.05, 0) is 35.0 Å². The Balaban J connectivity index is 1.47. The first-order chi connectivity index (χ1) is 14.9. The van der Waals surface area contributed by atoms with Gasteiger partial charge in [0.1, 0.15) is 5.75 Å². The van der Waals surface area contributed by atoms with Gasteiger partial charge in [-0.2, -0.15) is 4.31 Å². The molecule has 8 heteroatoms. The van der Waals surface area contributed by atoms with Gasteiger partial charge in [-0.1, -0.05) is 48.5 Å². The Morgan fingerprint density at radius 2 is 1.55 bits per heavy atom. The molecule has 1 heterocycles. The van der Waals surface area contributed by atoms with Gasteiger partial charge in [0.05, 0.1) is 11.3 Å². The largest absolute Gasteiger partial charge is 0.481 e. The topological polar surface area (TPSA) is 87.2 Å². The van der Waals surface area contributed by atoms with Crippen LogP contribution in [0.25, 0.3) is 10.8 Å². The number of sulfonamides is 1. The van der Waals surface area contributed by atoms with Crippen molar-refractivity contribution in [2.24, 2.45) is 0 Å². The molecular weight excluding hydrogens is 416 g/mol. The van der Waals surface area contributed by atoms with Gasteiger partial charge in [-0.3, -0.25) is 9.69 Å². The lowest BCUT2D eigenvalue weighted by Gasteiger charge is -2.38. The number of nitrogens with zero attached hydrogens (tertiary/aromatic N) is 2. The summed E-state index contributed by atoms with van der Waals surface area (Å²) in [7, 11) is -3.64. The minimum Gasteiger partial charge on any atom is -0.481 e. The molecule has 1 aliphatic rings. The number of aliphatic carboxylic acids is 1. The highest BCUT2D eigenvalue weighted by atomic mass is 32.2. The predicted molar refractivity (Wildman–Crippen MR) is 117 cm³/mol. The lowest BCUT2D eigenvalue weighted by Crippen LogP contribution is -2.53. The van der Waals surface area contributed by atoms with Crippen LogP contribution >= 0.6 is 0 Å². The molecule has 1 fully saturated rings. The fraction of sp³-hybridized carbons (Fsp3) is 0.261. The summed E-state index contributed by atoms with van der Waals surface area (Å²) in [6.07, 6.45) is -0.850. The Morgan fingerprint density at radius 3 is 2.23 bits per heavy atom. The molecule has 1 aliphatic heterocycles. The number of para-hydroxylation sites is 1. The quantitative estimate of drug-likeness (QED) is 0.608. The number of piperazine rings is 1. The molecule has 3 aromatic rings. The van der Waals surface area contributed by atoms with E-state index in [9.17, 15) is 18.3 Å². The average molecular weight is 441 g/mol. The minimum atomic E-state index is -3.64. The zero-order valence-corrected chi connectivity index (χ0v) is 17.7. The number of rotatable bonds is 7. The smallest absolute Gasteiger partial charge is 0.308 e. The number of carboxylic acids is 1. The van der Waals surface area contributed by atoms with Crippen molar-refractivity contribution in [1.82, 2.24) is 9.21 Å². The third-order valence-corrected chi connectivity index (χ3v) is 7.30. The van der Waals surface area contributed by atoms with E-state index in [2.05, 4.69) is 0 Å². The van der Waals surface area contributed by atoms with Crippen molar-refractivity contribution in [2.45, 2.75) is 17.5 Å². The molecule has 0 saturated carbocycles. The van der Waals surface area contributed by atoms with Crippen LogP contribution in [-0.2, 0) is 14.8 Å². The lowest BCUT2D eigenvalue weighted by molar-refractivity contribution is -0.142. The molecule has 31 heavy (non-hydrogen) atoms. The van der Waals surface area contributed by atoms with Crippen molar-refractivity contribution in [1.29, 1.82) is 0 Å². The molecule has 0 spiro atoms. The molecule has 0 bridgehead atoms. The van der Waals surface area contributed by atoms with Gasteiger partial charge >= 0.3 is 5.97 Å². The fourth-order valence-electron chi connectivity index (χ4n) is 3.76. The number of fused-ring (bicyclic) bond motifs is 1. The SMILES string of the molecule is O=C(O)CC(Oc1ccccc1)N1CCN(S(=O)(=O)c2ccc3ccccc3c2)CC1. The number of ether oxygens (including phenoxy) is 1. The third-order valence-electron chi connectivity index (χ3n) is 5.40. The van der Waals surface area contributed by atoms with Crippen LogP contribution in [0.2, 0.25) is 0 Å². The number of hydrogen-bond acceptors (Lipinski definition) is 5. The van der Waals surface area contributed by atoms with Crippen molar-refractivity contribution in [3.05, 3.63) is 72.8 Å². The maximum absolute atomic E-state index is 13.2. The van der Waals surface area contributed by atoms with Gasteiger partial charge in [-0.25, -0.2) is 8.42 Å². The number of carboxylic acid groups (broad SMARTS) is 1. The Kier molecular flexibility index (Phi) is 6.22. The monoisotopic (exact) mass is 440 g/mol. The normalized spacial score (nSPS) is 16.8. The second-order valence-corrected chi connectivity index (χ2v) is 9.37. The van der Waals surface area contributed by atoms with E-state index in [0.29, 0.717) is 18.8 Å². The van der Waals surface area contributed by atoms with Crippen LogP contribution in [0, 0.1) is 0 Å². The zero-order valence-electron chi connectivity index (χ0n) is 16.9. The average Bonchev–Trinajstić information content (AvgIpc) is 2.79. The predicted octanol–water partition coefficient (Wildman–Crippen LogP) is 3.03. The van der Waals surface area contributed by atoms with E-state index in [0.717, 1.165) is 10.8 Å². The molecule has 0 radical (unpaired) electrons. The van der Waals surface area contributed by atoms with E-state index in [1.165, 1.54) is 4.31 Å². The van der Waals surface area contributed by atoms with Gasteiger partial charge in [0, 0.05) is 26.2 Å². The van der Waals surface area contributed by atoms with E-state index in [4.69, 9.17) is 4.74 Å². The summed E-state index contributed by atoms with van der Waals surface area (Å²) in [5.41, 5.74) is 0. The highest BCUT2D eigenvalue weighted by Gasteiger charge is 2.32. The minimum absolute atomic E-state index is 0.188. The summed E-state index contributed by atoms with van der Waals surface area (Å²) in [6, 6.07) is 21.8. The number of carbonyl (C=O) groups is 1. The van der Waals surface area contributed by atoms with Crippen molar-refractivity contribution in [3.63, 3.8) is 0 Å². The van der Waals surface area contributed by atoms with Crippen molar-refractivity contribution < 1.29 is 23.1 Å². The first kappa shape index (κ1) is 21.3. The van der Waals surface area contributed by atoms with Crippen molar-refractivity contribution >= 4 is 26.8 Å².